The van der Waals surface area contributed by atoms with Gasteiger partial charge in [-0.3, -0.25) is 0 Å². The predicted molar refractivity (Wildman–Crippen MR) is 134 cm³/mol. The molecule has 0 saturated carbocycles. The SMILES string of the molecule is C=C1Cc2ccc(CNC)nc2N1.C=Cc1c(C=N)c2sc(Cc3cc[nH]c3)nc2n1C. The number of rotatable bonds is 6. The second-order valence-electron chi connectivity index (χ2n) is 7.61. The minimum absolute atomic E-state index is 0.807. The molecule has 4 aromatic heterocycles. The van der Waals surface area contributed by atoms with Gasteiger partial charge in [0, 0.05) is 61.9 Å². The van der Waals surface area contributed by atoms with E-state index in [0.717, 1.165) is 63.2 Å². The molecule has 1 aliphatic rings. The third-order valence-corrected chi connectivity index (χ3v) is 6.38. The van der Waals surface area contributed by atoms with Crippen LogP contribution in [0.2, 0.25) is 0 Å². The van der Waals surface area contributed by atoms with Gasteiger partial charge in [-0.05, 0) is 30.8 Å². The second kappa shape index (κ2) is 9.33. The Labute approximate surface area is 191 Å². The van der Waals surface area contributed by atoms with Gasteiger partial charge in [-0.1, -0.05) is 19.2 Å². The van der Waals surface area contributed by atoms with Crippen molar-refractivity contribution in [3.8, 4) is 0 Å². The molecule has 0 spiro atoms. The Hall–Kier alpha value is -3.49. The predicted octanol–water partition coefficient (Wildman–Crippen LogP) is 4.48. The quantitative estimate of drug-likeness (QED) is 0.329. The molecule has 0 atom stereocenters. The van der Waals surface area contributed by atoms with Crippen molar-refractivity contribution in [1.82, 2.24) is 24.8 Å². The van der Waals surface area contributed by atoms with Crippen LogP contribution in [0.3, 0.4) is 0 Å². The molecule has 4 aromatic rings. The van der Waals surface area contributed by atoms with E-state index < -0.39 is 0 Å². The number of nitrogens with zero attached hydrogens (tertiary/aromatic N) is 3. The summed E-state index contributed by atoms with van der Waals surface area (Å²) in [7, 11) is 3.88. The van der Waals surface area contributed by atoms with Crippen molar-refractivity contribution in [2.75, 3.05) is 12.4 Å². The van der Waals surface area contributed by atoms with E-state index in [2.05, 4.69) is 56.9 Å². The number of H-pyrrole nitrogens is 1. The normalized spacial score (nSPS) is 12.2. The lowest BCUT2D eigenvalue weighted by atomic mass is 10.2. The molecule has 5 heterocycles. The molecule has 0 bridgehead atoms. The number of aryl methyl sites for hydroxylation is 1. The number of pyridine rings is 1. The van der Waals surface area contributed by atoms with Crippen molar-refractivity contribution in [3.63, 3.8) is 0 Å². The van der Waals surface area contributed by atoms with Gasteiger partial charge in [-0.15, -0.1) is 11.3 Å². The third-order valence-electron chi connectivity index (χ3n) is 5.30. The van der Waals surface area contributed by atoms with Gasteiger partial charge in [0.05, 0.1) is 16.1 Å². The van der Waals surface area contributed by atoms with Crippen LogP contribution in [0.5, 0.6) is 0 Å². The van der Waals surface area contributed by atoms with Crippen LogP contribution >= 0.6 is 11.3 Å². The maximum Gasteiger partial charge on any atom is 0.152 e. The molecule has 0 saturated heterocycles. The molecule has 0 aliphatic carbocycles. The smallest absolute Gasteiger partial charge is 0.152 e. The van der Waals surface area contributed by atoms with Gasteiger partial charge in [0.1, 0.15) is 10.8 Å². The first kappa shape index (κ1) is 21.7. The molecule has 164 valence electrons. The van der Waals surface area contributed by atoms with Gasteiger partial charge >= 0.3 is 0 Å². The summed E-state index contributed by atoms with van der Waals surface area (Å²) in [4.78, 5) is 12.2. The monoisotopic (exact) mass is 445 g/mol. The molecule has 0 fully saturated rings. The summed E-state index contributed by atoms with van der Waals surface area (Å²) in [5.41, 5.74) is 7.35. The maximum absolute atomic E-state index is 7.58. The molecule has 8 heteroatoms. The highest BCUT2D eigenvalue weighted by Crippen LogP contribution is 2.31. The Bertz CT molecular complexity index is 1280. The summed E-state index contributed by atoms with van der Waals surface area (Å²) in [5, 5.41) is 14.9. The molecule has 0 aromatic carbocycles. The zero-order valence-electron chi connectivity index (χ0n) is 18.3. The number of aromatic nitrogens is 4. The molecule has 1 aliphatic heterocycles. The van der Waals surface area contributed by atoms with Crippen LogP contribution in [0.1, 0.15) is 33.1 Å². The molecule has 4 N–H and O–H groups in total. The lowest BCUT2D eigenvalue weighted by molar-refractivity contribution is 0.792. The van der Waals surface area contributed by atoms with Gasteiger partial charge in [0.25, 0.3) is 0 Å². The minimum atomic E-state index is 0.807. The van der Waals surface area contributed by atoms with E-state index in [-0.39, 0.29) is 0 Å². The van der Waals surface area contributed by atoms with Crippen LogP contribution in [0.15, 0.2) is 49.4 Å². The highest BCUT2D eigenvalue weighted by molar-refractivity contribution is 7.19. The minimum Gasteiger partial charge on any atom is -0.367 e. The molecule has 7 nitrogen and oxygen atoms in total. The zero-order valence-corrected chi connectivity index (χ0v) is 19.1. The third kappa shape index (κ3) is 4.28. The topological polar surface area (TPSA) is 94.4 Å². The van der Waals surface area contributed by atoms with Gasteiger partial charge in [0.2, 0.25) is 0 Å². The number of anilines is 1. The van der Waals surface area contributed by atoms with Crippen molar-refractivity contribution >= 4 is 39.8 Å². The van der Waals surface area contributed by atoms with E-state index >= 15 is 0 Å². The number of nitrogens with one attached hydrogen (secondary N) is 4. The molecule has 0 unspecified atom stereocenters. The van der Waals surface area contributed by atoms with Crippen LogP contribution in [-0.2, 0) is 26.4 Å². The Morgan fingerprint density at radius 2 is 2.16 bits per heavy atom. The number of fused-ring (bicyclic) bond motifs is 2. The van der Waals surface area contributed by atoms with Crippen molar-refractivity contribution in [2.24, 2.45) is 7.05 Å². The number of thiazole rings is 1. The zero-order chi connectivity index (χ0) is 22.7. The molecular weight excluding hydrogens is 418 g/mol. The highest BCUT2D eigenvalue weighted by Gasteiger charge is 2.17. The van der Waals surface area contributed by atoms with Crippen LogP contribution in [0, 0.1) is 5.41 Å². The summed E-state index contributed by atoms with van der Waals surface area (Å²) in [6.07, 6.45) is 8.80. The first-order chi connectivity index (χ1) is 15.5. The van der Waals surface area contributed by atoms with E-state index in [4.69, 9.17) is 5.41 Å². The van der Waals surface area contributed by atoms with Crippen molar-refractivity contribution in [1.29, 1.82) is 5.41 Å². The largest absolute Gasteiger partial charge is 0.367 e. The first-order valence-corrected chi connectivity index (χ1v) is 11.2. The molecule has 32 heavy (non-hydrogen) atoms. The number of allylic oxidation sites excluding steroid dienone is 1. The highest BCUT2D eigenvalue weighted by atomic mass is 32.1. The standard InChI is InChI=1S/C14H14N4S.C10H13N3/c1-3-11-10(7-15)13-14(18(11)2)17-12(19-13)6-9-4-5-16-8-9;1-7-5-8-3-4-9(6-11-2)13-10(8)12-7/h3-5,7-8,15-16H,1,6H2,2H3;3-4,11H,1,5-6H2,2H3,(H,12,13). The van der Waals surface area contributed by atoms with Crippen LogP contribution in [-0.4, -0.2) is 32.8 Å². The molecule has 5 rings (SSSR count). The van der Waals surface area contributed by atoms with Gasteiger partial charge in [0.15, 0.2) is 5.65 Å². The Morgan fingerprint density at radius 3 is 2.84 bits per heavy atom. The number of hydrogen-bond acceptors (Lipinski definition) is 6. The summed E-state index contributed by atoms with van der Waals surface area (Å²) < 4.78 is 3.07. The second-order valence-corrected chi connectivity index (χ2v) is 8.69. The fourth-order valence-corrected chi connectivity index (χ4v) is 4.93. The van der Waals surface area contributed by atoms with Gasteiger partial charge in [-0.2, -0.15) is 0 Å². The van der Waals surface area contributed by atoms with E-state index in [0.29, 0.717) is 0 Å². The average molecular weight is 446 g/mol. The van der Waals surface area contributed by atoms with Crippen molar-refractivity contribution in [2.45, 2.75) is 19.4 Å². The summed E-state index contributed by atoms with van der Waals surface area (Å²) in [5.74, 6) is 0.970. The van der Waals surface area contributed by atoms with Gasteiger partial charge in [-0.25, -0.2) is 9.97 Å². The fraction of sp³-hybridized carbons (Fsp3) is 0.208. The fourth-order valence-electron chi connectivity index (χ4n) is 3.77. The molecule has 0 amide bonds. The summed E-state index contributed by atoms with van der Waals surface area (Å²) in [6.45, 7) is 8.49. The van der Waals surface area contributed by atoms with E-state index in [9.17, 15) is 0 Å². The van der Waals surface area contributed by atoms with Crippen LogP contribution < -0.4 is 10.6 Å². The summed E-state index contributed by atoms with van der Waals surface area (Å²) in [6, 6.07) is 6.22. The van der Waals surface area contributed by atoms with Crippen LogP contribution in [0.25, 0.3) is 16.4 Å². The first-order valence-electron chi connectivity index (χ1n) is 10.3. The van der Waals surface area contributed by atoms with E-state index in [1.165, 1.54) is 17.3 Å². The number of aromatic amines is 1. The van der Waals surface area contributed by atoms with Crippen molar-refractivity contribution in [3.05, 3.63) is 82.5 Å². The Kier molecular flexibility index (Phi) is 6.34. The summed E-state index contributed by atoms with van der Waals surface area (Å²) >= 11 is 1.65. The van der Waals surface area contributed by atoms with E-state index in [1.54, 1.807) is 17.4 Å². The maximum atomic E-state index is 7.58. The lowest BCUT2D eigenvalue weighted by Crippen LogP contribution is -2.07. The molecular formula is C24H27N7S. The Morgan fingerprint density at radius 1 is 1.31 bits per heavy atom. The average Bonchev–Trinajstić information content (AvgIpc) is 3.54. The van der Waals surface area contributed by atoms with Crippen LogP contribution in [0.4, 0.5) is 5.82 Å². The van der Waals surface area contributed by atoms with E-state index in [1.807, 2.05) is 31.1 Å². The number of hydrogen-bond donors (Lipinski definition) is 4. The molecule has 0 radical (unpaired) electrons. The van der Waals surface area contributed by atoms with Gasteiger partial charge < -0.3 is 25.6 Å². The Balaban J connectivity index is 0.000000165. The lowest BCUT2D eigenvalue weighted by Gasteiger charge is -2.02. The van der Waals surface area contributed by atoms with Crippen molar-refractivity contribution < 1.29 is 0 Å².